The van der Waals surface area contributed by atoms with Crippen LogP contribution in [0.5, 0.6) is 0 Å². The molecule has 0 fully saturated rings. The zero-order valence-corrected chi connectivity index (χ0v) is 10.4. The molecule has 7 heteroatoms. The summed E-state index contributed by atoms with van der Waals surface area (Å²) < 4.78 is 24.4. The molecule has 0 amide bonds. The number of sulfonamides is 1. The van der Waals surface area contributed by atoms with E-state index in [2.05, 4.69) is 14.7 Å². The first-order chi connectivity index (χ1) is 8.46. The summed E-state index contributed by atoms with van der Waals surface area (Å²) in [6.45, 7) is 0. The fourth-order valence-corrected chi connectivity index (χ4v) is 2.02. The molecule has 0 saturated carbocycles. The average molecular weight is 265 g/mol. The van der Waals surface area contributed by atoms with Crippen molar-refractivity contribution in [3.8, 4) is 11.1 Å². The van der Waals surface area contributed by atoms with Crippen LogP contribution in [0.15, 0.2) is 41.6 Å². The van der Waals surface area contributed by atoms with E-state index in [1.807, 2.05) is 0 Å². The highest BCUT2D eigenvalue weighted by molar-refractivity contribution is 7.92. The molecule has 0 unspecified atom stereocenters. The first kappa shape index (κ1) is 12.3. The maximum absolute atomic E-state index is 11.5. The Balaban J connectivity index is 2.48. The molecule has 2 N–H and O–H groups in total. The van der Waals surface area contributed by atoms with Crippen LogP contribution >= 0.6 is 0 Å². The number of aromatic amines is 1. The summed E-state index contributed by atoms with van der Waals surface area (Å²) in [5.74, 6) is 0. The SMILES string of the molecule is CS(=O)(=O)Nc1cc(-c2ccncc2)c[nH]c1=O. The van der Waals surface area contributed by atoms with Gasteiger partial charge in [0, 0.05) is 24.2 Å². The van der Waals surface area contributed by atoms with Crippen LogP contribution in [0.3, 0.4) is 0 Å². The number of H-pyrrole nitrogens is 1. The normalized spacial score (nSPS) is 11.2. The summed E-state index contributed by atoms with van der Waals surface area (Å²) in [6, 6.07) is 5.00. The molecule has 2 rings (SSSR count). The number of pyridine rings is 2. The molecular formula is C11H11N3O3S. The van der Waals surface area contributed by atoms with Gasteiger partial charge in [0.25, 0.3) is 5.56 Å². The van der Waals surface area contributed by atoms with Crippen molar-refractivity contribution in [1.82, 2.24) is 9.97 Å². The summed E-state index contributed by atoms with van der Waals surface area (Å²) in [7, 11) is -3.48. The minimum Gasteiger partial charge on any atom is -0.327 e. The second kappa shape index (κ2) is 4.61. The van der Waals surface area contributed by atoms with Crippen molar-refractivity contribution in [2.45, 2.75) is 0 Å². The average Bonchev–Trinajstić information content (AvgIpc) is 2.31. The molecule has 0 aliphatic rings. The maximum Gasteiger partial charge on any atom is 0.272 e. The predicted octanol–water partition coefficient (Wildman–Crippen LogP) is 0.808. The minimum absolute atomic E-state index is 0.00758. The van der Waals surface area contributed by atoms with E-state index >= 15 is 0 Å². The Bertz CT molecular complexity index is 708. The Morgan fingerprint density at radius 2 is 1.89 bits per heavy atom. The molecular weight excluding hydrogens is 254 g/mol. The first-order valence-electron chi connectivity index (χ1n) is 5.06. The molecule has 0 radical (unpaired) electrons. The van der Waals surface area contributed by atoms with Crippen LogP contribution in [0.2, 0.25) is 0 Å². The van der Waals surface area contributed by atoms with Gasteiger partial charge in [0.05, 0.1) is 6.26 Å². The molecule has 0 atom stereocenters. The number of nitrogens with zero attached hydrogens (tertiary/aromatic N) is 1. The lowest BCUT2D eigenvalue weighted by Crippen LogP contribution is -2.18. The van der Waals surface area contributed by atoms with E-state index in [4.69, 9.17) is 0 Å². The third-order valence-corrected chi connectivity index (χ3v) is 2.80. The number of anilines is 1. The monoisotopic (exact) mass is 265 g/mol. The van der Waals surface area contributed by atoms with Crippen LogP contribution in [0.25, 0.3) is 11.1 Å². The predicted molar refractivity (Wildman–Crippen MR) is 68.8 cm³/mol. The highest BCUT2D eigenvalue weighted by Gasteiger charge is 2.08. The largest absolute Gasteiger partial charge is 0.327 e. The molecule has 18 heavy (non-hydrogen) atoms. The van der Waals surface area contributed by atoms with E-state index in [1.165, 1.54) is 12.3 Å². The van der Waals surface area contributed by atoms with E-state index < -0.39 is 15.6 Å². The minimum atomic E-state index is -3.48. The topological polar surface area (TPSA) is 91.9 Å². The van der Waals surface area contributed by atoms with Gasteiger partial charge in [-0.2, -0.15) is 0 Å². The van der Waals surface area contributed by atoms with Crippen molar-refractivity contribution >= 4 is 15.7 Å². The Hall–Kier alpha value is -2.15. The third-order valence-electron chi connectivity index (χ3n) is 2.21. The molecule has 0 aliphatic heterocycles. The van der Waals surface area contributed by atoms with Crippen molar-refractivity contribution < 1.29 is 8.42 Å². The van der Waals surface area contributed by atoms with Crippen molar-refractivity contribution in [3.05, 3.63) is 47.1 Å². The first-order valence-corrected chi connectivity index (χ1v) is 6.96. The highest BCUT2D eigenvalue weighted by Crippen LogP contribution is 2.18. The summed E-state index contributed by atoms with van der Waals surface area (Å²) in [5, 5.41) is 0. The molecule has 2 heterocycles. The van der Waals surface area contributed by atoms with Crippen LogP contribution in [0.4, 0.5) is 5.69 Å². The lowest BCUT2D eigenvalue weighted by atomic mass is 10.1. The van der Waals surface area contributed by atoms with Gasteiger partial charge in [0.15, 0.2) is 0 Å². The van der Waals surface area contributed by atoms with E-state index in [0.717, 1.165) is 11.8 Å². The van der Waals surface area contributed by atoms with Crippen LogP contribution in [-0.2, 0) is 10.0 Å². The lowest BCUT2D eigenvalue weighted by Gasteiger charge is -2.05. The number of aromatic nitrogens is 2. The third kappa shape index (κ3) is 2.95. The quantitative estimate of drug-likeness (QED) is 0.859. The second-order valence-corrected chi connectivity index (χ2v) is 5.49. The van der Waals surface area contributed by atoms with Gasteiger partial charge in [-0.1, -0.05) is 0 Å². The molecule has 0 spiro atoms. The van der Waals surface area contributed by atoms with Gasteiger partial charge in [-0.15, -0.1) is 0 Å². The summed E-state index contributed by atoms with van der Waals surface area (Å²) in [5.41, 5.74) is 1.03. The van der Waals surface area contributed by atoms with Crippen LogP contribution in [-0.4, -0.2) is 24.6 Å². The van der Waals surface area contributed by atoms with Crippen molar-refractivity contribution in [2.75, 3.05) is 11.0 Å². The number of hydrogen-bond donors (Lipinski definition) is 2. The summed E-state index contributed by atoms with van der Waals surface area (Å²) in [6.07, 6.45) is 5.74. The summed E-state index contributed by atoms with van der Waals surface area (Å²) >= 11 is 0. The van der Waals surface area contributed by atoms with Gasteiger partial charge in [0.1, 0.15) is 5.69 Å². The van der Waals surface area contributed by atoms with Crippen molar-refractivity contribution in [3.63, 3.8) is 0 Å². The Morgan fingerprint density at radius 1 is 1.22 bits per heavy atom. The number of nitrogens with one attached hydrogen (secondary N) is 2. The summed E-state index contributed by atoms with van der Waals surface area (Å²) in [4.78, 5) is 17.9. The zero-order valence-electron chi connectivity index (χ0n) is 9.54. The zero-order chi connectivity index (χ0) is 13.2. The molecule has 2 aromatic rings. The second-order valence-electron chi connectivity index (χ2n) is 3.74. The fourth-order valence-electron chi connectivity index (χ4n) is 1.47. The van der Waals surface area contributed by atoms with Gasteiger partial charge in [-0.3, -0.25) is 14.5 Å². The van der Waals surface area contributed by atoms with Crippen molar-refractivity contribution in [2.24, 2.45) is 0 Å². The fraction of sp³-hybridized carbons (Fsp3) is 0.0909. The molecule has 2 aromatic heterocycles. The molecule has 94 valence electrons. The van der Waals surface area contributed by atoms with Gasteiger partial charge < -0.3 is 4.98 Å². The molecule has 0 aromatic carbocycles. The van der Waals surface area contributed by atoms with Crippen LogP contribution in [0, 0.1) is 0 Å². The Labute approximate surface area is 104 Å². The van der Waals surface area contributed by atoms with Gasteiger partial charge in [0.2, 0.25) is 10.0 Å². The van der Waals surface area contributed by atoms with E-state index in [1.54, 1.807) is 24.5 Å². The maximum atomic E-state index is 11.5. The molecule has 0 saturated heterocycles. The number of rotatable bonds is 3. The van der Waals surface area contributed by atoms with Gasteiger partial charge in [-0.05, 0) is 23.8 Å². The van der Waals surface area contributed by atoms with Gasteiger partial charge >= 0.3 is 0 Å². The molecule has 6 nitrogen and oxygen atoms in total. The Morgan fingerprint density at radius 3 is 2.50 bits per heavy atom. The standard InChI is InChI=1S/C11H11N3O3S/c1-18(16,17)14-10-6-9(7-13-11(10)15)8-2-4-12-5-3-8/h2-7,14H,1H3,(H,13,15). The number of hydrogen-bond acceptors (Lipinski definition) is 4. The van der Waals surface area contributed by atoms with Crippen LogP contribution in [0.1, 0.15) is 0 Å². The van der Waals surface area contributed by atoms with Gasteiger partial charge in [-0.25, -0.2) is 8.42 Å². The van der Waals surface area contributed by atoms with E-state index in [9.17, 15) is 13.2 Å². The van der Waals surface area contributed by atoms with E-state index in [0.29, 0.717) is 5.56 Å². The van der Waals surface area contributed by atoms with Crippen molar-refractivity contribution in [1.29, 1.82) is 0 Å². The molecule has 0 aliphatic carbocycles. The van der Waals surface area contributed by atoms with E-state index in [-0.39, 0.29) is 5.69 Å². The highest BCUT2D eigenvalue weighted by atomic mass is 32.2. The smallest absolute Gasteiger partial charge is 0.272 e. The lowest BCUT2D eigenvalue weighted by molar-refractivity contribution is 0.606. The molecule has 0 bridgehead atoms. The Kier molecular flexibility index (Phi) is 3.15. The van der Waals surface area contributed by atoms with Crippen LogP contribution < -0.4 is 10.3 Å².